The van der Waals surface area contributed by atoms with E-state index in [1.165, 1.54) is 6.26 Å². The van der Waals surface area contributed by atoms with E-state index in [9.17, 15) is 4.79 Å². The number of nitrogens with zero attached hydrogens (tertiary/aromatic N) is 2. The Balaban J connectivity index is 1.35. The highest BCUT2D eigenvalue weighted by Crippen LogP contribution is 2.19. The second kappa shape index (κ2) is 8.48. The van der Waals surface area contributed by atoms with Crippen molar-refractivity contribution in [3.05, 3.63) is 53.0 Å². The molecule has 0 saturated carbocycles. The summed E-state index contributed by atoms with van der Waals surface area (Å²) in [5.74, 6) is 1.33. The van der Waals surface area contributed by atoms with E-state index in [4.69, 9.17) is 18.3 Å². The molecule has 25 heavy (non-hydrogen) atoms. The third-order valence-corrected chi connectivity index (χ3v) is 3.64. The van der Waals surface area contributed by atoms with Crippen molar-refractivity contribution in [3.63, 3.8) is 0 Å². The van der Waals surface area contributed by atoms with E-state index in [2.05, 4.69) is 26.1 Å². The van der Waals surface area contributed by atoms with Crippen LogP contribution in [-0.4, -0.2) is 22.8 Å². The molecule has 0 unspecified atom stereocenters. The lowest BCUT2D eigenvalue weighted by Crippen LogP contribution is -2.07. The molecule has 0 fully saturated rings. The fraction of sp³-hybridized carbons (Fsp3) is 0.235. The number of benzene rings is 1. The Bertz CT molecular complexity index is 816. The number of hydrogen-bond donors (Lipinski definition) is 0. The molecule has 0 aliphatic rings. The first-order chi connectivity index (χ1) is 12.2. The highest BCUT2D eigenvalue weighted by Gasteiger charge is 2.12. The van der Waals surface area contributed by atoms with E-state index in [1.54, 1.807) is 12.1 Å². The third-order valence-electron chi connectivity index (χ3n) is 3.15. The zero-order valence-corrected chi connectivity index (χ0v) is 14.8. The van der Waals surface area contributed by atoms with Gasteiger partial charge in [-0.3, -0.25) is 4.79 Å². The van der Waals surface area contributed by atoms with Crippen molar-refractivity contribution in [2.24, 2.45) is 0 Å². The number of furan rings is 1. The van der Waals surface area contributed by atoms with Crippen LogP contribution in [0, 0.1) is 0 Å². The summed E-state index contributed by atoms with van der Waals surface area (Å²) in [6.45, 7) is 0.355. The number of aromatic nitrogens is 2. The number of halogens is 1. The molecule has 0 radical (unpaired) electrons. The lowest BCUT2D eigenvalue weighted by molar-refractivity contribution is -0.145. The van der Waals surface area contributed by atoms with Crippen molar-refractivity contribution < 1.29 is 23.1 Å². The summed E-state index contributed by atoms with van der Waals surface area (Å²) in [5.41, 5.74) is 0. The average Bonchev–Trinajstić information content (AvgIpc) is 3.28. The van der Waals surface area contributed by atoms with Gasteiger partial charge in [0.25, 0.3) is 11.8 Å². The van der Waals surface area contributed by atoms with Crippen LogP contribution in [0.3, 0.4) is 0 Å². The first-order valence-electron chi connectivity index (χ1n) is 7.61. The van der Waals surface area contributed by atoms with E-state index < -0.39 is 0 Å². The summed E-state index contributed by atoms with van der Waals surface area (Å²) in [6, 6.07) is 10.9. The lowest BCUT2D eigenvalue weighted by atomic mass is 10.3. The summed E-state index contributed by atoms with van der Waals surface area (Å²) < 4.78 is 22.1. The van der Waals surface area contributed by atoms with E-state index >= 15 is 0 Å². The number of esters is 1. The zero-order valence-electron chi connectivity index (χ0n) is 13.2. The molecule has 0 N–H and O–H groups in total. The topological polar surface area (TPSA) is 87.6 Å². The summed E-state index contributed by atoms with van der Waals surface area (Å²) in [7, 11) is 0. The van der Waals surface area contributed by atoms with Crippen molar-refractivity contribution in [2.75, 3.05) is 6.61 Å². The van der Waals surface area contributed by atoms with Crippen LogP contribution in [0.4, 0.5) is 0 Å². The molecule has 0 aliphatic heterocycles. The highest BCUT2D eigenvalue weighted by atomic mass is 79.9. The molecule has 2 heterocycles. The average molecular weight is 407 g/mol. The molecule has 2 aromatic heterocycles. The standard InChI is InChI=1S/C17H15BrN2O5/c18-12-4-1-5-13(10-12)22-8-3-7-16(21)24-11-15-19-20-17(25-15)14-6-2-9-23-14/h1-2,4-6,9-10H,3,7-8,11H2. The quantitative estimate of drug-likeness (QED) is 0.412. The van der Waals surface area contributed by atoms with E-state index in [1.807, 2.05) is 24.3 Å². The van der Waals surface area contributed by atoms with Gasteiger partial charge in [0, 0.05) is 10.9 Å². The van der Waals surface area contributed by atoms with Gasteiger partial charge in [-0.25, -0.2) is 0 Å². The number of rotatable bonds is 8. The minimum atomic E-state index is -0.351. The van der Waals surface area contributed by atoms with E-state index in [0.29, 0.717) is 18.8 Å². The van der Waals surface area contributed by atoms with Crippen molar-refractivity contribution in [1.29, 1.82) is 0 Å². The Labute approximate surface area is 152 Å². The predicted octanol–water partition coefficient (Wildman–Crippen LogP) is 3.99. The Kier molecular flexibility index (Phi) is 5.84. The second-order valence-corrected chi connectivity index (χ2v) is 5.96. The van der Waals surface area contributed by atoms with Crippen LogP contribution in [0.2, 0.25) is 0 Å². The largest absolute Gasteiger partial charge is 0.494 e. The number of ether oxygens (including phenoxy) is 2. The highest BCUT2D eigenvalue weighted by molar-refractivity contribution is 9.10. The molecule has 8 heteroatoms. The first-order valence-corrected chi connectivity index (χ1v) is 8.40. The number of hydrogen-bond acceptors (Lipinski definition) is 7. The maximum Gasteiger partial charge on any atom is 0.306 e. The fourth-order valence-corrected chi connectivity index (χ4v) is 2.37. The molecule has 0 bridgehead atoms. The maximum atomic E-state index is 11.7. The van der Waals surface area contributed by atoms with E-state index in [-0.39, 0.29) is 30.8 Å². The molecular weight excluding hydrogens is 392 g/mol. The molecule has 0 atom stereocenters. The smallest absolute Gasteiger partial charge is 0.306 e. The summed E-state index contributed by atoms with van der Waals surface area (Å²) in [4.78, 5) is 11.7. The van der Waals surface area contributed by atoms with E-state index in [0.717, 1.165) is 10.2 Å². The van der Waals surface area contributed by atoms with Gasteiger partial charge in [-0.1, -0.05) is 22.0 Å². The Hall–Kier alpha value is -2.61. The van der Waals surface area contributed by atoms with Crippen LogP contribution in [0.1, 0.15) is 18.7 Å². The summed E-state index contributed by atoms with van der Waals surface area (Å²) in [6.07, 6.45) is 2.30. The molecule has 3 rings (SSSR count). The molecule has 1 aromatic carbocycles. The minimum absolute atomic E-state index is 0.0704. The summed E-state index contributed by atoms with van der Waals surface area (Å²) >= 11 is 3.37. The molecule has 7 nitrogen and oxygen atoms in total. The molecule has 0 saturated heterocycles. The fourth-order valence-electron chi connectivity index (χ4n) is 1.99. The van der Waals surface area contributed by atoms with Crippen molar-refractivity contribution in [1.82, 2.24) is 10.2 Å². The normalized spacial score (nSPS) is 10.6. The van der Waals surface area contributed by atoms with Crippen LogP contribution >= 0.6 is 15.9 Å². The van der Waals surface area contributed by atoms with Gasteiger partial charge in [-0.05, 0) is 36.8 Å². The molecular formula is C17H15BrN2O5. The Morgan fingerprint density at radius 3 is 2.92 bits per heavy atom. The Morgan fingerprint density at radius 1 is 1.20 bits per heavy atom. The van der Waals surface area contributed by atoms with Gasteiger partial charge in [-0.15, -0.1) is 10.2 Å². The molecule has 0 aliphatic carbocycles. The number of carbonyl (C=O) groups is 1. The van der Waals surface area contributed by atoms with Crippen LogP contribution in [0.25, 0.3) is 11.7 Å². The van der Waals surface area contributed by atoms with Gasteiger partial charge in [0.05, 0.1) is 12.9 Å². The maximum absolute atomic E-state index is 11.7. The van der Waals surface area contributed by atoms with Crippen LogP contribution in [0.5, 0.6) is 5.75 Å². The van der Waals surface area contributed by atoms with Gasteiger partial charge < -0.3 is 18.3 Å². The van der Waals surface area contributed by atoms with Crippen LogP contribution in [0.15, 0.2) is 56.0 Å². The summed E-state index contributed by atoms with van der Waals surface area (Å²) in [5, 5.41) is 7.63. The van der Waals surface area contributed by atoms with Gasteiger partial charge in [0.15, 0.2) is 12.4 Å². The number of carbonyl (C=O) groups excluding carboxylic acids is 1. The molecule has 0 spiro atoms. The van der Waals surface area contributed by atoms with Gasteiger partial charge >= 0.3 is 5.97 Å². The minimum Gasteiger partial charge on any atom is -0.494 e. The van der Waals surface area contributed by atoms with Gasteiger partial charge in [-0.2, -0.15) is 0 Å². The van der Waals surface area contributed by atoms with Crippen LogP contribution in [-0.2, 0) is 16.1 Å². The molecule has 3 aromatic rings. The van der Waals surface area contributed by atoms with Gasteiger partial charge in [0.2, 0.25) is 0 Å². The molecule has 130 valence electrons. The van der Waals surface area contributed by atoms with Crippen molar-refractivity contribution in [3.8, 4) is 17.4 Å². The Morgan fingerprint density at radius 2 is 2.12 bits per heavy atom. The van der Waals surface area contributed by atoms with Crippen molar-refractivity contribution >= 4 is 21.9 Å². The second-order valence-electron chi connectivity index (χ2n) is 5.05. The zero-order chi connectivity index (χ0) is 17.5. The SMILES string of the molecule is O=C(CCCOc1cccc(Br)c1)OCc1nnc(-c2ccco2)o1. The van der Waals surface area contributed by atoms with Crippen LogP contribution < -0.4 is 4.74 Å². The molecule has 0 amide bonds. The lowest BCUT2D eigenvalue weighted by Gasteiger charge is -2.06. The third kappa shape index (κ3) is 5.18. The predicted molar refractivity (Wildman–Crippen MR) is 90.7 cm³/mol. The van der Waals surface area contributed by atoms with Crippen molar-refractivity contribution in [2.45, 2.75) is 19.4 Å². The van der Waals surface area contributed by atoms with Gasteiger partial charge in [0.1, 0.15) is 5.75 Å². The first kappa shape index (κ1) is 17.2. The monoisotopic (exact) mass is 406 g/mol.